The van der Waals surface area contributed by atoms with Gasteiger partial charge in [-0.25, -0.2) is 4.98 Å². The molecule has 1 unspecified atom stereocenters. The fourth-order valence-electron chi connectivity index (χ4n) is 1.84. The van der Waals surface area contributed by atoms with Crippen LogP contribution in [0.3, 0.4) is 0 Å². The van der Waals surface area contributed by atoms with Gasteiger partial charge in [0.1, 0.15) is 6.10 Å². The number of alkyl halides is 1. The van der Waals surface area contributed by atoms with Crippen molar-refractivity contribution in [3.63, 3.8) is 0 Å². The lowest BCUT2D eigenvalue weighted by Gasteiger charge is -2.15. The first-order valence-corrected chi connectivity index (χ1v) is 6.38. The van der Waals surface area contributed by atoms with Gasteiger partial charge in [-0.1, -0.05) is 18.2 Å². The third kappa shape index (κ3) is 2.92. The summed E-state index contributed by atoms with van der Waals surface area (Å²) in [5.74, 6) is 0.994. The van der Waals surface area contributed by atoms with Crippen LogP contribution in [0.25, 0.3) is 10.8 Å². The van der Waals surface area contributed by atoms with Gasteiger partial charge in [0.15, 0.2) is 0 Å². The largest absolute Gasteiger partial charge is 0.472 e. The molecule has 0 amide bonds. The predicted molar refractivity (Wildman–Crippen MR) is 73.3 cm³/mol. The summed E-state index contributed by atoms with van der Waals surface area (Å²) >= 11 is 5.85. The minimum Gasteiger partial charge on any atom is -0.472 e. The normalized spacial score (nSPS) is 12.6. The molecule has 96 valence electrons. The topological polar surface area (TPSA) is 31.4 Å². The number of hydrogen-bond donors (Lipinski definition) is 0. The van der Waals surface area contributed by atoms with E-state index in [1.807, 2.05) is 37.3 Å². The highest BCUT2D eigenvalue weighted by atomic mass is 35.5. The van der Waals surface area contributed by atoms with Crippen molar-refractivity contribution >= 4 is 22.4 Å². The van der Waals surface area contributed by atoms with E-state index >= 15 is 0 Å². The second kappa shape index (κ2) is 6.03. The van der Waals surface area contributed by atoms with Crippen molar-refractivity contribution in [3.05, 3.63) is 36.0 Å². The van der Waals surface area contributed by atoms with Gasteiger partial charge in [-0.2, -0.15) is 0 Å². The summed E-state index contributed by atoms with van der Waals surface area (Å²) in [5.41, 5.74) is 0.815. The Bertz CT molecular complexity index is 530. The Balaban J connectivity index is 2.40. The maximum Gasteiger partial charge on any atom is 0.221 e. The van der Waals surface area contributed by atoms with Crippen molar-refractivity contribution in [1.29, 1.82) is 0 Å². The monoisotopic (exact) mass is 265 g/mol. The summed E-state index contributed by atoms with van der Waals surface area (Å²) in [5, 5.41) is 2.08. The Morgan fingerprint density at radius 3 is 2.83 bits per heavy atom. The van der Waals surface area contributed by atoms with Crippen LogP contribution in [0.4, 0.5) is 0 Å². The summed E-state index contributed by atoms with van der Waals surface area (Å²) < 4.78 is 10.9. The number of halogens is 1. The van der Waals surface area contributed by atoms with Crippen LogP contribution in [0.15, 0.2) is 30.3 Å². The molecule has 1 aromatic carbocycles. The number of aromatic nitrogens is 1. The van der Waals surface area contributed by atoms with Gasteiger partial charge >= 0.3 is 0 Å². The molecule has 0 saturated carbocycles. The van der Waals surface area contributed by atoms with Crippen molar-refractivity contribution in [3.8, 4) is 5.88 Å². The first-order valence-electron chi connectivity index (χ1n) is 5.85. The second-order valence-electron chi connectivity index (χ2n) is 4.16. The number of fused-ring (bicyclic) bond motifs is 1. The van der Waals surface area contributed by atoms with Gasteiger partial charge in [-0.3, -0.25) is 0 Å². The van der Waals surface area contributed by atoms with Crippen molar-refractivity contribution < 1.29 is 9.47 Å². The van der Waals surface area contributed by atoms with Gasteiger partial charge in [0.05, 0.1) is 18.2 Å². The van der Waals surface area contributed by atoms with E-state index in [9.17, 15) is 0 Å². The number of rotatable bonds is 5. The van der Waals surface area contributed by atoms with Crippen LogP contribution in [0.1, 0.15) is 12.6 Å². The first-order chi connectivity index (χ1) is 8.74. The molecule has 1 aromatic heterocycles. The van der Waals surface area contributed by atoms with Gasteiger partial charge in [0, 0.05) is 12.5 Å². The number of nitrogens with zero attached hydrogens (tertiary/aromatic N) is 1. The zero-order valence-electron chi connectivity index (χ0n) is 10.5. The Hall–Kier alpha value is -1.32. The van der Waals surface area contributed by atoms with Crippen molar-refractivity contribution in [2.24, 2.45) is 0 Å². The highest BCUT2D eigenvalue weighted by Gasteiger charge is 2.10. The molecule has 18 heavy (non-hydrogen) atoms. The van der Waals surface area contributed by atoms with Crippen molar-refractivity contribution in [2.75, 3.05) is 13.7 Å². The zero-order chi connectivity index (χ0) is 13.0. The van der Waals surface area contributed by atoms with Gasteiger partial charge < -0.3 is 9.47 Å². The number of ether oxygens (including phenoxy) is 2. The highest BCUT2D eigenvalue weighted by molar-refractivity contribution is 6.17. The zero-order valence-corrected chi connectivity index (χ0v) is 11.3. The molecular weight excluding hydrogens is 250 g/mol. The third-order valence-electron chi connectivity index (χ3n) is 2.61. The Labute approximate surface area is 112 Å². The Morgan fingerprint density at radius 2 is 2.11 bits per heavy atom. The average Bonchev–Trinajstić information content (AvgIpc) is 2.38. The minimum atomic E-state index is -0.0449. The third-order valence-corrected chi connectivity index (χ3v) is 2.88. The molecule has 2 aromatic rings. The molecule has 0 radical (unpaired) electrons. The molecule has 0 spiro atoms. The molecule has 0 fully saturated rings. The summed E-state index contributed by atoms with van der Waals surface area (Å²) in [6.07, 6.45) is -0.0449. The number of pyridine rings is 1. The molecule has 0 aliphatic rings. The molecule has 0 aliphatic heterocycles. The molecule has 2 rings (SSSR count). The van der Waals surface area contributed by atoms with Crippen LogP contribution in [-0.2, 0) is 10.6 Å². The van der Waals surface area contributed by atoms with E-state index in [1.54, 1.807) is 7.11 Å². The molecule has 0 saturated heterocycles. The summed E-state index contributed by atoms with van der Waals surface area (Å²) in [7, 11) is 1.65. The lowest BCUT2D eigenvalue weighted by atomic mass is 10.1. The molecular formula is C14H16ClNO2. The second-order valence-corrected chi connectivity index (χ2v) is 4.42. The Kier molecular flexibility index (Phi) is 4.39. The SMILES string of the molecule is COCC(C)Oc1nc(CCl)cc2ccccc12. The fourth-order valence-corrected chi connectivity index (χ4v) is 1.97. The van der Waals surface area contributed by atoms with Gasteiger partial charge in [0.2, 0.25) is 5.88 Å². The molecule has 1 heterocycles. The first kappa shape index (κ1) is 13.1. The van der Waals surface area contributed by atoms with Crippen LogP contribution in [-0.4, -0.2) is 24.8 Å². The van der Waals surface area contributed by atoms with E-state index in [1.165, 1.54) is 0 Å². The van der Waals surface area contributed by atoms with Gasteiger partial charge in [0.25, 0.3) is 0 Å². The fraction of sp³-hybridized carbons (Fsp3) is 0.357. The highest BCUT2D eigenvalue weighted by Crippen LogP contribution is 2.25. The van der Waals surface area contributed by atoms with Gasteiger partial charge in [-0.05, 0) is 24.4 Å². The van der Waals surface area contributed by atoms with Crippen LogP contribution in [0.5, 0.6) is 5.88 Å². The van der Waals surface area contributed by atoms with E-state index < -0.39 is 0 Å². The summed E-state index contributed by atoms with van der Waals surface area (Å²) in [6.45, 7) is 2.48. The molecule has 1 atom stereocenters. The summed E-state index contributed by atoms with van der Waals surface area (Å²) in [6, 6.07) is 9.97. The van der Waals surface area contributed by atoms with E-state index in [2.05, 4.69) is 4.98 Å². The smallest absolute Gasteiger partial charge is 0.221 e. The quantitative estimate of drug-likeness (QED) is 0.777. The van der Waals surface area contributed by atoms with Crippen molar-refractivity contribution in [2.45, 2.75) is 18.9 Å². The molecule has 0 bridgehead atoms. The molecule has 3 nitrogen and oxygen atoms in total. The van der Waals surface area contributed by atoms with Crippen molar-refractivity contribution in [1.82, 2.24) is 4.98 Å². The van der Waals surface area contributed by atoms with Crippen LogP contribution >= 0.6 is 11.6 Å². The van der Waals surface area contributed by atoms with E-state index in [0.29, 0.717) is 18.4 Å². The lowest BCUT2D eigenvalue weighted by Crippen LogP contribution is -2.19. The van der Waals surface area contributed by atoms with Crippen LogP contribution in [0.2, 0.25) is 0 Å². The number of benzene rings is 1. The predicted octanol–water partition coefficient (Wildman–Crippen LogP) is 3.39. The van der Waals surface area contributed by atoms with Crippen LogP contribution in [0, 0.1) is 0 Å². The van der Waals surface area contributed by atoms with E-state index in [0.717, 1.165) is 16.5 Å². The minimum absolute atomic E-state index is 0.0449. The Morgan fingerprint density at radius 1 is 1.33 bits per heavy atom. The van der Waals surface area contributed by atoms with Gasteiger partial charge in [-0.15, -0.1) is 11.6 Å². The molecule has 0 N–H and O–H groups in total. The summed E-state index contributed by atoms with van der Waals surface area (Å²) in [4.78, 5) is 4.43. The van der Waals surface area contributed by atoms with Crippen LogP contribution < -0.4 is 4.74 Å². The maximum absolute atomic E-state index is 5.85. The maximum atomic E-state index is 5.85. The van der Waals surface area contributed by atoms with E-state index in [4.69, 9.17) is 21.1 Å². The number of methoxy groups -OCH3 is 1. The molecule has 4 heteroatoms. The van der Waals surface area contributed by atoms with E-state index in [-0.39, 0.29) is 6.10 Å². The average molecular weight is 266 g/mol. The molecule has 0 aliphatic carbocycles. The lowest BCUT2D eigenvalue weighted by molar-refractivity contribution is 0.0900. The number of hydrogen-bond acceptors (Lipinski definition) is 3. The standard InChI is InChI=1S/C14H16ClNO2/c1-10(9-17-2)18-14-13-6-4-3-5-11(13)7-12(8-15)16-14/h3-7,10H,8-9H2,1-2H3.